The topological polar surface area (TPSA) is 81.2 Å². The number of ether oxygens (including phenoxy) is 3. The van der Waals surface area contributed by atoms with Crippen molar-refractivity contribution in [3.8, 4) is 5.75 Å². The molecule has 0 atom stereocenters. The van der Waals surface area contributed by atoms with E-state index in [4.69, 9.17) is 9.47 Å². The molecule has 7 heteroatoms. The van der Waals surface area contributed by atoms with E-state index in [1.165, 1.54) is 7.11 Å². The van der Waals surface area contributed by atoms with Crippen molar-refractivity contribution in [3.63, 3.8) is 0 Å². The first-order valence-electron chi connectivity index (χ1n) is 10.4. The number of aliphatic imine (C=N–C) groups is 1. The Kier molecular flexibility index (Phi) is 13.3. The molecule has 0 heterocycles. The smallest absolute Gasteiger partial charge is 0.305 e. The second kappa shape index (κ2) is 15.6. The molecule has 0 saturated heterocycles. The van der Waals surface area contributed by atoms with Crippen molar-refractivity contribution in [1.82, 2.24) is 10.6 Å². The molecule has 0 spiro atoms. The minimum absolute atomic E-state index is 0.134. The summed E-state index contributed by atoms with van der Waals surface area (Å²) in [6, 6.07) is 6.21. The van der Waals surface area contributed by atoms with Gasteiger partial charge < -0.3 is 24.8 Å². The first-order chi connectivity index (χ1) is 14.1. The molecule has 0 radical (unpaired) electrons. The number of guanidine groups is 1. The van der Waals surface area contributed by atoms with Gasteiger partial charge in [-0.2, -0.15) is 0 Å². The van der Waals surface area contributed by atoms with Gasteiger partial charge in [0, 0.05) is 38.7 Å². The molecule has 0 aromatic heterocycles. The third kappa shape index (κ3) is 11.3. The predicted molar refractivity (Wildman–Crippen MR) is 116 cm³/mol. The molecule has 1 aromatic rings. The molecule has 0 bridgehead atoms. The van der Waals surface area contributed by atoms with E-state index in [-0.39, 0.29) is 5.97 Å². The Morgan fingerprint density at radius 3 is 2.62 bits per heavy atom. The number of carbonyl (C=O) groups is 1. The van der Waals surface area contributed by atoms with Gasteiger partial charge in [-0.05, 0) is 38.3 Å². The van der Waals surface area contributed by atoms with Gasteiger partial charge in [-0.15, -0.1) is 0 Å². The van der Waals surface area contributed by atoms with Crippen molar-refractivity contribution in [1.29, 1.82) is 0 Å². The van der Waals surface area contributed by atoms with Gasteiger partial charge in [-0.1, -0.05) is 25.0 Å². The summed E-state index contributed by atoms with van der Waals surface area (Å²) in [6.07, 6.45) is 4.49. The minimum Gasteiger partial charge on any atom is -0.491 e. The third-order valence-electron chi connectivity index (χ3n) is 4.41. The van der Waals surface area contributed by atoms with Crippen LogP contribution < -0.4 is 15.4 Å². The van der Waals surface area contributed by atoms with Crippen LogP contribution in [-0.2, 0) is 20.8 Å². The highest BCUT2D eigenvalue weighted by atomic mass is 16.5. The maximum Gasteiger partial charge on any atom is 0.305 e. The number of methoxy groups -OCH3 is 1. The Morgan fingerprint density at radius 1 is 1.10 bits per heavy atom. The second-order valence-electron chi connectivity index (χ2n) is 6.75. The summed E-state index contributed by atoms with van der Waals surface area (Å²) in [6.45, 7) is 7.31. The number of hydrogen-bond acceptors (Lipinski definition) is 5. The van der Waals surface area contributed by atoms with Crippen molar-refractivity contribution in [3.05, 3.63) is 29.3 Å². The van der Waals surface area contributed by atoms with Gasteiger partial charge in [0.15, 0.2) is 5.96 Å². The Balaban J connectivity index is 2.34. The normalized spacial score (nSPS) is 11.2. The van der Waals surface area contributed by atoms with E-state index in [2.05, 4.69) is 39.4 Å². The van der Waals surface area contributed by atoms with Gasteiger partial charge >= 0.3 is 5.97 Å². The predicted octanol–water partition coefficient (Wildman–Crippen LogP) is 3.20. The molecule has 1 rings (SSSR count). The van der Waals surface area contributed by atoms with Crippen LogP contribution in [0, 0.1) is 6.92 Å². The average molecular weight is 408 g/mol. The van der Waals surface area contributed by atoms with E-state index in [0.717, 1.165) is 55.1 Å². The van der Waals surface area contributed by atoms with Crippen LogP contribution >= 0.6 is 0 Å². The fraction of sp³-hybridized carbons (Fsp3) is 0.636. The zero-order valence-electron chi connectivity index (χ0n) is 18.4. The zero-order valence-corrected chi connectivity index (χ0v) is 18.4. The van der Waals surface area contributed by atoms with Crippen LogP contribution in [0.4, 0.5) is 0 Å². The molecule has 0 unspecified atom stereocenters. The van der Waals surface area contributed by atoms with Crippen LogP contribution in [0.15, 0.2) is 23.2 Å². The zero-order chi connectivity index (χ0) is 21.3. The molecule has 164 valence electrons. The number of nitrogens with one attached hydrogen (secondary N) is 2. The molecule has 7 nitrogen and oxygen atoms in total. The molecule has 0 aliphatic heterocycles. The summed E-state index contributed by atoms with van der Waals surface area (Å²) < 4.78 is 15.9. The van der Waals surface area contributed by atoms with Crippen LogP contribution in [0.2, 0.25) is 0 Å². The number of esters is 1. The Bertz CT molecular complexity index is 620. The Morgan fingerprint density at radius 2 is 1.90 bits per heavy atom. The van der Waals surface area contributed by atoms with Crippen LogP contribution in [0.3, 0.4) is 0 Å². The van der Waals surface area contributed by atoms with Crippen molar-refractivity contribution in [2.45, 2.75) is 52.5 Å². The minimum atomic E-state index is -0.134. The maximum atomic E-state index is 11.1. The number of carbonyl (C=O) groups excluding carboxylic acids is 1. The summed E-state index contributed by atoms with van der Waals surface area (Å²) in [5.74, 6) is 1.50. The van der Waals surface area contributed by atoms with Gasteiger partial charge in [-0.3, -0.25) is 9.79 Å². The Hall–Kier alpha value is -2.28. The summed E-state index contributed by atoms with van der Waals surface area (Å²) in [4.78, 5) is 15.4. The lowest BCUT2D eigenvalue weighted by Gasteiger charge is -2.15. The average Bonchev–Trinajstić information content (AvgIpc) is 2.73. The van der Waals surface area contributed by atoms with E-state index in [0.29, 0.717) is 32.8 Å². The highest BCUT2D eigenvalue weighted by Crippen LogP contribution is 2.20. The second-order valence-corrected chi connectivity index (χ2v) is 6.75. The molecule has 0 aliphatic carbocycles. The standard InChI is InChI=1S/C22H37N3O4/c1-5-28-14-15-29-20-16-18(2)11-12-19(20)17-25-22(23-3)24-13-9-7-6-8-10-21(26)27-4/h11-12,16H,5-10,13-15,17H2,1-4H3,(H2,23,24,25). The number of benzene rings is 1. The summed E-state index contributed by atoms with van der Waals surface area (Å²) in [5.41, 5.74) is 2.24. The first kappa shape index (κ1) is 24.8. The van der Waals surface area contributed by atoms with E-state index in [1.807, 2.05) is 13.0 Å². The molecule has 0 saturated carbocycles. The molecule has 1 aromatic carbocycles. The van der Waals surface area contributed by atoms with Crippen LogP contribution in [0.1, 0.15) is 50.2 Å². The number of nitrogens with zero attached hydrogens (tertiary/aromatic N) is 1. The molecule has 2 N–H and O–H groups in total. The molecule has 29 heavy (non-hydrogen) atoms. The summed E-state index contributed by atoms with van der Waals surface area (Å²) in [5, 5.41) is 6.67. The van der Waals surface area contributed by atoms with Crippen molar-refractivity contribution >= 4 is 11.9 Å². The number of unbranched alkanes of at least 4 members (excludes halogenated alkanes) is 3. The maximum absolute atomic E-state index is 11.1. The SMILES string of the molecule is CCOCCOc1cc(C)ccc1CNC(=NC)NCCCCCCC(=O)OC. The third-order valence-corrected chi connectivity index (χ3v) is 4.41. The van der Waals surface area contributed by atoms with Gasteiger partial charge in [0.05, 0.1) is 13.7 Å². The molecular formula is C22H37N3O4. The highest BCUT2D eigenvalue weighted by Gasteiger charge is 2.06. The Labute approximate surface area is 175 Å². The fourth-order valence-electron chi connectivity index (χ4n) is 2.75. The largest absolute Gasteiger partial charge is 0.491 e. The fourth-order valence-corrected chi connectivity index (χ4v) is 2.75. The van der Waals surface area contributed by atoms with Gasteiger partial charge in [0.2, 0.25) is 0 Å². The van der Waals surface area contributed by atoms with E-state index < -0.39 is 0 Å². The van der Waals surface area contributed by atoms with Crippen molar-refractivity contribution in [2.75, 3.05) is 40.5 Å². The lowest BCUT2D eigenvalue weighted by atomic mass is 10.1. The van der Waals surface area contributed by atoms with E-state index in [9.17, 15) is 4.79 Å². The molecular weight excluding hydrogens is 370 g/mol. The van der Waals surface area contributed by atoms with E-state index in [1.54, 1.807) is 7.05 Å². The van der Waals surface area contributed by atoms with Crippen LogP contribution in [-0.4, -0.2) is 52.5 Å². The highest BCUT2D eigenvalue weighted by molar-refractivity contribution is 5.79. The van der Waals surface area contributed by atoms with Crippen molar-refractivity contribution < 1.29 is 19.0 Å². The number of aryl methyl sites for hydroxylation is 1. The molecule has 0 fully saturated rings. The number of rotatable bonds is 14. The molecule has 0 aliphatic rings. The van der Waals surface area contributed by atoms with E-state index >= 15 is 0 Å². The first-order valence-corrected chi connectivity index (χ1v) is 10.4. The number of hydrogen-bond donors (Lipinski definition) is 2. The summed E-state index contributed by atoms with van der Waals surface area (Å²) >= 11 is 0. The van der Waals surface area contributed by atoms with Gasteiger partial charge in [0.25, 0.3) is 0 Å². The van der Waals surface area contributed by atoms with Gasteiger partial charge in [-0.25, -0.2) is 0 Å². The lowest BCUT2D eigenvalue weighted by Crippen LogP contribution is -2.37. The quantitative estimate of drug-likeness (QED) is 0.213. The molecule has 0 amide bonds. The summed E-state index contributed by atoms with van der Waals surface area (Å²) in [7, 11) is 3.19. The van der Waals surface area contributed by atoms with Crippen molar-refractivity contribution in [2.24, 2.45) is 4.99 Å². The van der Waals surface area contributed by atoms with Crippen LogP contribution in [0.25, 0.3) is 0 Å². The van der Waals surface area contributed by atoms with Crippen LogP contribution in [0.5, 0.6) is 5.75 Å². The van der Waals surface area contributed by atoms with Gasteiger partial charge in [0.1, 0.15) is 12.4 Å². The lowest BCUT2D eigenvalue weighted by molar-refractivity contribution is -0.140. The monoisotopic (exact) mass is 407 g/mol.